The highest BCUT2D eigenvalue weighted by Gasteiger charge is 2.37. The van der Waals surface area contributed by atoms with Gasteiger partial charge in [-0.25, -0.2) is 0 Å². The predicted molar refractivity (Wildman–Crippen MR) is 111 cm³/mol. The van der Waals surface area contributed by atoms with Crippen LogP contribution in [0.2, 0.25) is 0 Å². The van der Waals surface area contributed by atoms with Gasteiger partial charge in [-0.3, -0.25) is 4.79 Å². The summed E-state index contributed by atoms with van der Waals surface area (Å²) in [4.78, 5) is 12.8. The van der Waals surface area contributed by atoms with Crippen molar-refractivity contribution in [3.05, 3.63) is 71.8 Å². The van der Waals surface area contributed by atoms with Crippen LogP contribution in [0.3, 0.4) is 0 Å². The van der Waals surface area contributed by atoms with E-state index in [4.69, 9.17) is 14.2 Å². The second-order valence-electron chi connectivity index (χ2n) is 6.48. The Hall–Kier alpha value is -3.52. The zero-order chi connectivity index (χ0) is 20.8. The van der Waals surface area contributed by atoms with E-state index in [0.29, 0.717) is 17.1 Å². The predicted octanol–water partition coefficient (Wildman–Crippen LogP) is 4.69. The summed E-state index contributed by atoms with van der Waals surface area (Å²) in [5.74, 6) is -1.17. The van der Waals surface area contributed by atoms with Crippen molar-refractivity contribution in [3.63, 3.8) is 0 Å². The maximum atomic E-state index is 12.8. The maximum Gasteiger partial charge on any atom is 0.324 e. The quantitative estimate of drug-likeness (QED) is 0.548. The lowest BCUT2D eigenvalue weighted by Crippen LogP contribution is -2.25. The summed E-state index contributed by atoms with van der Waals surface area (Å²) in [5, 5.41) is 12.0. The smallest absolute Gasteiger partial charge is 0.324 e. The van der Waals surface area contributed by atoms with Crippen LogP contribution in [0.15, 0.2) is 60.7 Å². The third-order valence-corrected chi connectivity index (χ3v) is 4.95. The SMILES string of the molecule is CCOC(=O)C(C#N)C(c1c(OC)cccc1OC)c1cccc2ccccc12. The first-order valence-corrected chi connectivity index (χ1v) is 9.41. The number of hydrogen-bond acceptors (Lipinski definition) is 5. The van der Waals surface area contributed by atoms with Gasteiger partial charge >= 0.3 is 5.97 Å². The van der Waals surface area contributed by atoms with Crippen LogP contribution in [-0.4, -0.2) is 26.8 Å². The van der Waals surface area contributed by atoms with E-state index in [2.05, 4.69) is 6.07 Å². The van der Waals surface area contributed by atoms with Gasteiger partial charge in [0.25, 0.3) is 0 Å². The van der Waals surface area contributed by atoms with Gasteiger partial charge in [0.1, 0.15) is 11.5 Å². The van der Waals surface area contributed by atoms with E-state index in [1.807, 2.05) is 48.5 Å². The number of esters is 1. The van der Waals surface area contributed by atoms with Crippen molar-refractivity contribution in [2.24, 2.45) is 5.92 Å². The molecule has 0 aromatic heterocycles. The van der Waals surface area contributed by atoms with Crippen molar-refractivity contribution in [1.29, 1.82) is 5.26 Å². The maximum absolute atomic E-state index is 12.8. The van der Waals surface area contributed by atoms with Crippen molar-refractivity contribution in [1.82, 2.24) is 0 Å². The van der Waals surface area contributed by atoms with Crippen molar-refractivity contribution >= 4 is 16.7 Å². The molecule has 0 radical (unpaired) electrons. The van der Waals surface area contributed by atoms with E-state index in [-0.39, 0.29) is 6.61 Å². The molecule has 0 N–H and O–H groups in total. The molecule has 0 spiro atoms. The number of rotatable bonds is 7. The Labute approximate surface area is 170 Å². The molecule has 0 amide bonds. The summed E-state index contributed by atoms with van der Waals surface area (Å²) in [6.45, 7) is 1.92. The summed E-state index contributed by atoms with van der Waals surface area (Å²) in [7, 11) is 3.12. The van der Waals surface area contributed by atoms with Gasteiger partial charge < -0.3 is 14.2 Å². The van der Waals surface area contributed by atoms with E-state index >= 15 is 0 Å². The Kier molecular flexibility index (Phi) is 6.36. The Morgan fingerprint density at radius 2 is 1.59 bits per heavy atom. The van der Waals surface area contributed by atoms with Gasteiger partial charge in [0.15, 0.2) is 5.92 Å². The van der Waals surface area contributed by atoms with Gasteiger partial charge in [0, 0.05) is 11.5 Å². The summed E-state index contributed by atoms with van der Waals surface area (Å²) >= 11 is 0. The molecule has 5 heteroatoms. The average molecular weight is 389 g/mol. The first kappa shape index (κ1) is 20.2. The van der Waals surface area contributed by atoms with Crippen LogP contribution in [0.25, 0.3) is 10.8 Å². The monoisotopic (exact) mass is 389 g/mol. The molecular formula is C24H23NO4. The number of fused-ring (bicyclic) bond motifs is 1. The standard InChI is InChI=1S/C24H23NO4/c1-4-29-24(26)19(15-25)22(23-20(27-2)13-8-14-21(23)28-3)18-12-7-10-16-9-5-6-11-17(16)18/h5-14,19,22H,4H2,1-3H3. The molecule has 3 aromatic rings. The summed E-state index contributed by atoms with van der Waals surface area (Å²) in [6.07, 6.45) is 0. The van der Waals surface area contributed by atoms with Crippen LogP contribution < -0.4 is 9.47 Å². The van der Waals surface area contributed by atoms with E-state index in [9.17, 15) is 10.1 Å². The van der Waals surface area contributed by atoms with Gasteiger partial charge in [-0.1, -0.05) is 48.5 Å². The topological polar surface area (TPSA) is 68.6 Å². The third kappa shape index (κ3) is 3.88. The van der Waals surface area contributed by atoms with Gasteiger partial charge in [-0.05, 0) is 35.4 Å². The van der Waals surface area contributed by atoms with Crippen molar-refractivity contribution in [2.75, 3.05) is 20.8 Å². The first-order valence-electron chi connectivity index (χ1n) is 9.41. The highest BCUT2D eigenvalue weighted by atomic mass is 16.5. The lowest BCUT2D eigenvalue weighted by atomic mass is 9.78. The largest absolute Gasteiger partial charge is 0.496 e. The number of ether oxygens (including phenoxy) is 3. The molecule has 148 valence electrons. The fourth-order valence-electron chi connectivity index (χ4n) is 3.71. The Morgan fingerprint density at radius 3 is 2.21 bits per heavy atom. The molecule has 29 heavy (non-hydrogen) atoms. The number of nitriles is 1. The minimum atomic E-state index is -1.06. The molecular weight excluding hydrogens is 366 g/mol. The molecule has 0 aliphatic carbocycles. The van der Waals surface area contributed by atoms with Gasteiger partial charge in [-0.15, -0.1) is 0 Å². The zero-order valence-electron chi connectivity index (χ0n) is 16.7. The number of carbonyl (C=O) groups is 1. The van der Waals surface area contributed by atoms with Crippen LogP contribution in [0.1, 0.15) is 24.0 Å². The first-order chi connectivity index (χ1) is 14.2. The van der Waals surface area contributed by atoms with Gasteiger partial charge in [0.2, 0.25) is 0 Å². The highest BCUT2D eigenvalue weighted by molar-refractivity contribution is 5.88. The van der Waals surface area contributed by atoms with Crippen LogP contribution in [0.5, 0.6) is 11.5 Å². The molecule has 5 nitrogen and oxygen atoms in total. The molecule has 2 atom stereocenters. The summed E-state index contributed by atoms with van der Waals surface area (Å²) < 4.78 is 16.4. The molecule has 0 bridgehead atoms. The van der Waals surface area contributed by atoms with Crippen molar-refractivity contribution in [2.45, 2.75) is 12.8 Å². The lowest BCUT2D eigenvalue weighted by Gasteiger charge is -2.26. The van der Waals surface area contributed by atoms with Crippen LogP contribution in [-0.2, 0) is 9.53 Å². The Balaban J connectivity index is 2.35. The van der Waals surface area contributed by atoms with E-state index in [0.717, 1.165) is 16.3 Å². The van der Waals surface area contributed by atoms with E-state index in [1.54, 1.807) is 33.3 Å². The van der Waals surface area contributed by atoms with Crippen LogP contribution >= 0.6 is 0 Å². The van der Waals surface area contributed by atoms with Crippen LogP contribution in [0, 0.1) is 17.2 Å². The Morgan fingerprint density at radius 1 is 0.966 bits per heavy atom. The van der Waals surface area contributed by atoms with Crippen LogP contribution in [0.4, 0.5) is 0 Å². The Bertz CT molecular complexity index is 1030. The van der Waals surface area contributed by atoms with Gasteiger partial charge in [0.05, 0.1) is 26.9 Å². The van der Waals surface area contributed by atoms with Gasteiger partial charge in [-0.2, -0.15) is 5.26 Å². The summed E-state index contributed by atoms with van der Waals surface area (Å²) in [5.41, 5.74) is 1.49. The van der Waals surface area contributed by atoms with E-state index in [1.165, 1.54) is 0 Å². The summed E-state index contributed by atoms with van der Waals surface area (Å²) in [6, 6.07) is 21.3. The second-order valence-corrected chi connectivity index (χ2v) is 6.48. The zero-order valence-corrected chi connectivity index (χ0v) is 16.7. The van der Waals surface area contributed by atoms with E-state index < -0.39 is 17.8 Å². The van der Waals surface area contributed by atoms with Crippen molar-refractivity contribution in [3.8, 4) is 17.6 Å². The number of carbonyl (C=O) groups excluding carboxylic acids is 1. The van der Waals surface area contributed by atoms with Crippen molar-refractivity contribution < 1.29 is 19.0 Å². The lowest BCUT2D eigenvalue weighted by molar-refractivity contribution is -0.146. The molecule has 2 unspecified atom stereocenters. The third-order valence-electron chi connectivity index (χ3n) is 4.95. The minimum Gasteiger partial charge on any atom is -0.496 e. The number of nitrogens with zero attached hydrogens (tertiary/aromatic N) is 1. The molecule has 3 aromatic carbocycles. The fraction of sp³-hybridized carbons (Fsp3) is 0.250. The number of benzene rings is 3. The molecule has 0 saturated heterocycles. The molecule has 0 saturated carbocycles. The fourth-order valence-corrected chi connectivity index (χ4v) is 3.71. The minimum absolute atomic E-state index is 0.197. The number of methoxy groups -OCH3 is 2. The second kappa shape index (κ2) is 9.11. The average Bonchev–Trinajstić information content (AvgIpc) is 2.76. The molecule has 0 aliphatic rings. The molecule has 0 aliphatic heterocycles. The molecule has 0 heterocycles. The number of hydrogen-bond donors (Lipinski definition) is 0. The molecule has 0 fully saturated rings. The molecule has 3 rings (SSSR count). The normalized spacial score (nSPS) is 12.6. The highest BCUT2D eigenvalue weighted by Crippen LogP contribution is 2.45.